The third-order valence-electron chi connectivity index (χ3n) is 5.35. The van der Waals surface area contributed by atoms with Gasteiger partial charge in [-0.1, -0.05) is 41.9 Å². The molecule has 3 aromatic carbocycles. The van der Waals surface area contributed by atoms with E-state index < -0.39 is 0 Å². The number of phenolic OH excluding ortho intramolecular Hbond substituents is 1. The maximum absolute atomic E-state index is 11.8. The van der Waals surface area contributed by atoms with Gasteiger partial charge in [0.1, 0.15) is 17.7 Å². The van der Waals surface area contributed by atoms with E-state index in [1.807, 2.05) is 42.5 Å². The van der Waals surface area contributed by atoms with Crippen LogP contribution in [0.5, 0.6) is 11.5 Å². The Bertz CT molecular complexity index is 1160. The lowest BCUT2D eigenvalue weighted by molar-refractivity contribution is 0.0600. The van der Waals surface area contributed by atoms with Crippen LogP contribution in [0, 0.1) is 0 Å². The summed E-state index contributed by atoms with van der Waals surface area (Å²) in [6, 6.07) is 19.7. The number of carbonyl (C=O) groups is 1. The minimum atomic E-state index is -0.387. The van der Waals surface area contributed by atoms with Crippen LogP contribution >= 0.6 is 11.6 Å². The van der Waals surface area contributed by atoms with Crippen molar-refractivity contribution in [3.63, 3.8) is 0 Å². The Morgan fingerprint density at radius 3 is 2.50 bits per heavy atom. The van der Waals surface area contributed by atoms with Crippen molar-refractivity contribution in [3.05, 3.63) is 100 Å². The molecule has 0 saturated carbocycles. The highest BCUT2D eigenvalue weighted by atomic mass is 35.5. The minimum Gasteiger partial charge on any atom is -0.508 e. The molecule has 0 bridgehead atoms. The zero-order valence-electron chi connectivity index (χ0n) is 17.6. The van der Waals surface area contributed by atoms with Gasteiger partial charge in [0.05, 0.1) is 25.8 Å². The number of esters is 1. The highest BCUT2D eigenvalue weighted by Gasteiger charge is 2.26. The predicted octanol–water partition coefficient (Wildman–Crippen LogP) is 4.81. The number of hydrogen-bond acceptors (Lipinski definition) is 6. The second kappa shape index (κ2) is 9.34. The van der Waals surface area contributed by atoms with E-state index in [1.165, 1.54) is 13.2 Å². The number of phenols is 1. The Morgan fingerprint density at radius 1 is 1.03 bits per heavy atom. The Hall–Kier alpha value is -3.48. The molecule has 0 aliphatic carbocycles. The molecule has 3 aromatic rings. The van der Waals surface area contributed by atoms with Gasteiger partial charge < -0.3 is 19.9 Å². The molecule has 6 nitrogen and oxygen atoms in total. The summed E-state index contributed by atoms with van der Waals surface area (Å²) < 4.78 is 10.2. The summed E-state index contributed by atoms with van der Waals surface area (Å²) in [5, 5.41) is 18.0. The van der Waals surface area contributed by atoms with Crippen molar-refractivity contribution in [3.8, 4) is 11.5 Å². The van der Waals surface area contributed by atoms with Crippen molar-refractivity contribution in [2.75, 3.05) is 14.2 Å². The smallest absolute Gasteiger partial charge is 0.337 e. The number of halogens is 1. The number of aromatic hydroxyl groups is 1. The number of rotatable bonds is 5. The SMILES string of the molecule is COC(=O)c1ccc(C2NC(c3cccc(OC)c3)=CC(c3ccc(Cl)cc3O)N2)cc1. The van der Waals surface area contributed by atoms with Crippen LogP contribution in [0.1, 0.15) is 39.3 Å². The molecule has 0 radical (unpaired) electrons. The fourth-order valence-electron chi connectivity index (χ4n) is 3.68. The van der Waals surface area contributed by atoms with Crippen LogP contribution in [-0.4, -0.2) is 25.3 Å². The first-order valence-electron chi connectivity index (χ1n) is 10.0. The quantitative estimate of drug-likeness (QED) is 0.484. The van der Waals surface area contributed by atoms with Gasteiger partial charge in [0.2, 0.25) is 0 Å². The van der Waals surface area contributed by atoms with E-state index in [4.69, 9.17) is 21.1 Å². The van der Waals surface area contributed by atoms with Crippen LogP contribution in [0.2, 0.25) is 5.02 Å². The lowest BCUT2D eigenvalue weighted by Gasteiger charge is -2.33. The van der Waals surface area contributed by atoms with Gasteiger partial charge in [-0.15, -0.1) is 0 Å². The molecule has 2 unspecified atom stereocenters. The number of nitrogens with one attached hydrogen (secondary N) is 2. The monoisotopic (exact) mass is 450 g/mol. The molecule has 7 heteroatoms. The first-order chi connectivity index (χ1) is 15.5. The molecule has 32 heavy (non-hydrogen) atoms. The lowest BCUT2D eigenvalue weighted by atomic mass is 9.97. The van der Waals surface area contributed by atoms with Crippen molar-refractivity contribution < 1.29 is 19.4 Å². The lowest BCUT2D eigenvalue weighted by Crippen LogP contribution is -2.39. The third kappa shape index (κ3) is 4.56. The Kier molecular flexibility index (Phi) is 6.35. The van der Waals surface area contributed by atoms with Gasteiger partial charge in [0.15, 0.2) is 0 Å². The Balaban J connectivity index is 1.73. The largest absolute Gasteiger partial charge is 0.508 e. The zero-order valence-corrected chi connectivity index (χ0v) is 18.4. The van der Waals surface area contributed by atoms with Crippen molar-refractivity contribution in [1.82, 2.24) is 10.6 Å². The highest BCUT2D eigenvalue weighted by Crippen LogP contribution is 2.35. The van der Waals surface area contributed by atoms with E-state index in [2.05, 4.69) is 10.6 Å². The number of hydrogen-bond donors (Lipinski definition) is 3. The van der Waals surface area contributed by atoms with Gasteiger partial charge in [-0.25, -0.2) is 4.79 Å². The minimum absolute atomic E-state index is 0.109. The number of ether oxygens (including phenoxy) is 2. The average molecular weight is 451 g/mol. The fraction of sp³-hybridized carbons (Fsp3) is 0.160. The average Bonchev–Trinajstić information content (AvgIpc) is 2.83. The first-order valence-corrected chi connectivity index (χ1v) is 10.4. The molecule has 0 amide bonds. The summed E-state index contributed by atoms with van der Waals surface area (Å²) in [7, 11) is 2.98. The van der Waals surface area contributed by atoms with Gasteiger partial charge in [-0.3, -0.25) is 5.32 Å². The topological polar surface area (TPSA) is 79.8 Å². The van der Waals surface area contributed by atoms with Gasteiger partial charge in [0, 0.05) is 21.8 Å². The maximum atomic E-state index is 11.8. The Morgan fingerprint density at radius 2 is 1.81 bits per heavy atom. The summed E-state index contributed by atoms with van der Waals surface area (Å²) >= 11 is 6.03. The summed E-state index contributed by atoms with van der Waals surface area (Å²) in [4.78, 5) is 11.8. The predicted molar refractivity (Wildman–Crippen MR) is 124 cm³/mol. The molecule has 0 saturated heterocycles. The highest BCUT2D eigenvalue weighted by molar-refractivity contribution is 6.30. The summed E-state index contributed by atoms with van der Waals surface area (Å²) in [6.07, 6.45) is 1.73. The van der Waals surface area contributed by atoms with Crippen molar-refractivity contribution in [2.45, 2.75) is 12.2 Å². The van der Waals surface area contributed by atoms with E-state index in [1.54, 1.807) is 31.4 Å². The van der Waals surface area contributed by atoms with E-state index >= 15 is 0 Å². The molecule has 1 aliphatic heterocycles. The van der Waals surface area contributed by atoms with Crippen LogP contribution in [0.4, 0.5) is 0 Å². The molecule has 0 aromatic heterocycles. The van der Waals surface area contributed by atoms with Crippen molar-refractivity contribution in [1.29, 1.82) is 0 Å². The van der Waals surface area contributed by atoms with E-state index in [0.717, 1.165) is 22.6 Å². The van der Waals surface area contributed by atoms with Gasteiger partial charge >= 0.3 is 5.97 Å². The number of methoxy groups -OCH3 is 2. The fourth-order valence-corrected chi connectivity index (χ4v) is 3.84. The molecular formula is C25H23ClN2O4. The van der Waals surface area contributed by atoms with E-state index in [-0.39, 0.29) is 23.9 Å². The van der Waals surface area contributed by atoms with Crippen LogP contribution in [0.15, 0.2) is 72.8 Å². The molecule has 1 aliphatic rings. The third-order valence-corrected chi connectivity index (χ3v) is 5.59. The Labute approximate surface area is 191 Å². The summed E-state index contributed by atoms with van der Waals surface area (Å²) in [5.74, 6) is 0.466. The van der Waals surface area contributed by atoms with Crippen molar-refractivity contribution in [2.24, 2.45) is 0 Å². The summed E-state index contributed by atoms with van der Waals surface area (Å²) in [5.41, 5.74) is 3.92. The summed E-state index contributed by atoms with van der Waals surface area (Å²) in [6.45, 7) is 0. The second-order valence-corrected chi connectivity index (χ2v) is 7.79. The van der Waals surface area contributed by atoms with Crippen LogP contribution in [-0.2, 0) is 4.74 Å². The molecule has 2 atom stereocenters. The molecular weight excluding hydrogens is 428 g/mol. The molecule has 1 heterocycles. The maximum Gasteiger partial charge on any atom is 0.337 e. The number of carbonyl (C=O) groups excluding carboxylic acids is 1. The molecule has 0 fully saturated rings. The standard InChI is InChI=1S/C25H23ClN2O4/c1-31-19-5-3-4-17(12-19)21-14-22(20-11-10-18(26)13-23(20)29)28-24(27-21)15-6-8-16(9-7-15)25(30)32-2/h3-14,22,24,27-29H,1-2H3. The molecule has 164 valence electrons. The normalized spacial score (nSPS) is 17.8. The van der Waals surface area contributed by atoms with Gasteiger partial charge in [-0.05, 0) is 48.0 Å². The second-order valence-electron chi connectivity index (χ2n) is 7.35. The molecule has 0 spiro atoms. The molecule has 4 rings (SSSR count). The van der Waals surface area contributed by atoms with E-state index in [9.17, 15) is 9.90 Å². The van der Waals surface area contributed by atoms with Crippen LogP contribution < -0.4 is 15.4 Å². The van der Waals surface area contributed by atoms with Crippen LogP contribution in [0.25, 0.3) is 5.70 Å². The van der Waals surface area contributed by atoms with Crippen molar-refractivity contribution >= 4 is 23.3 Å². The first kappa shape index (κ1) is 21.7. The van der Waals surface area contributed by atoms with E-state index in [0.29, 0.717) is 16.1 Å². The van der Waals surface area contributed by atoms with Gasteiger partial charge in [0.25, 0.3) is 0 Å². The zero-order chi connectivity index (χ0) is 22.7. The number of benzene rings is 3. The van der Waals surface area contributed by atoms with Gasteiger partial charge in [-0.2, -0.15) is 0 Å². The van der Waals surface area contributed by atoms with Crippen LogP contribution in [0.3, 0.4) is 0 Å². The molecule has 3 N–H and O–H groups in total.